The Kier molecular flexibility index (Phi) is 7.36. The summed E-state index contributed by atoms with van der Waals surface area (Å²) in [6.07, 6.45) is 3.89. The van der Waals surface area contributed by atoms with Gasteiger partial charge >= 0.3 is 0 Å². The van der Waals surface area contributed by atoms with E-state index in [0.717, 1.165) is 16.9 Å². The van der Waals surface area contributed by atoms with E-state index in [4.69, 9.17) is 4.74 Å². The van der Waals surface area contributed by atoms with Gasteiger partial charge in [-0.2, -0.15) is 4.31 Å². The fraction of sp³-hybridized carbons (Fsp3) is 0.280. The first kappa shape index (κ1) is 22.9. The second-order valence-corrected chi connectivity index (χ2v) is 9.94. The Labute approximate surface area is 194 Å². The molecule has 0 radical (unpaired) electrons. The number of nitrogens with zero attached hydrogens (tertiary/aromatic N) is 2. The maximum absolute atomic E-state index is 12.7. The van der Waals surface area contributed by atoms with Crippen LogP contribution in [0.2, 0.25) is 0 Å². The zero-order valence-corrected chi connectivity index (χ0v) is 19.1. The van der Waals surface area contributed by atoms with E-state index in [9.17, 15) is 13.2 Å². The molecule has 172 valence electrons. The number of ether oxygens (including phenoxy) is 1. The predicted molar refractivity (Wildman–Crippen MR) is 125 cm³/mol. The van der Waals surface area contributed by atoms with Crippen LogP contribution in [0.4, 0.5) is 0 Å². The van der Waals surface area contributed by atoms with Crippen molar-refractivity contribution in [3.05, 3.63) is 90.3 Å². The summed E-state index contributed by atoms with van der Waals surface area (Å²) >= 11 is 0. The van der Waals surface area contributed by atoms with Crippen molar-refractivity contribution >= 4 is 15.9 Å². The number of piperidine rings is 1. The number of nitrogens with one attached hydrogen (secondary N) is 1. The van der Waals surface area contributed by atoms with Crippen LogP contribution in [0.25, 0.3) is 0 Å². The number of hydrogen-bond donors (Lipinski definition) is 1. The third kappa shape index (κ3) is 5.97. The molecule has 7 nitrogen and oxygen atoms in total. The van der Waals surface area contributed by atoms with Crippen molar-refractivity contribution in [3.8, 4) is 5.75 Å². The molecule has 1 saturated heterocycles. The van der Waals surface area contributed by atoms with Gasteiger partial charge in [-0.3, -0.25) is 9.78 Å². The minimum atomic E-state index is -3.57. The van der Waals surface area contributed by atoms with Gasteiger partial charge < -0.3 is 10.1 Å². The molecule has 1 aliphatic heterocycles. The molecule has 1 aromatic heterocycles. The number of rotatable bonds is 8. The lowest BCUT2D eigenvalue weighted by Gasteiger charge is -2.30. The minimum Gasteiger partial charge on any atom is -0.489 e. The van der Waals surface area contributed by atoms with Gasteiger partial charge in [0.25, 0.3) is 0 Å². The highest BCUT2D eigenvalue weighted by atomic mass is 32.2. The summed E-state index contributed by atoms with van der Waals surface area (Å²) in [4.78, 5) is 16.7. The summed E-state index contributed by atoms with van der Waals surface area (Å²) in [6.45, 7) is 1.57. The molecule has 0 saturated carbocycles. The largest absolute Gasteiger partial charge is 0.489 e. The summed E-state index contributed by atoms with van der Waals surface area (Å²) in [5.41, 5.74) is 2.08. The third-order valence-corrected chi connectivity index (χ3v) is 7.62. The van der Waals surface area contributed by atoms with Crippen LogP contribution < -0.4 is 10.1 Å². The van der Waals surface area contributed by atoms with E-state index < -0.39 is 10.0 Å². The smallest absolute Gasteiger partial charge is 0.244 e. The normalized spacial score (nSPS) is 15.2. The van der Waals surface area contributed by atoms with Crippen molar-refractivity contribution in [1.82, 2.24) is 14.6 Å². The molecule has 1 aliphatic rings. The SMILES string of the molecule is O=C(NCc1ccc(OCc2ccccc2)cc1)C1CCN(S(=O)(=O)c2cccnc2)CC1. The van der Waals surface area contributed by atoms with Crippen LogP contribution in [-0.4, -0.2) is 36.7 Å². The zero-order valence-electron chi connectivity index (χ0n) is 18.3. The number of benzene rings is 2. The summed E-state index contributed by atoms with van der Waals surface area (Å²) < 4.78 is 32.6. The summed E-state index contributed by atoms with van der Waals surface area (Å²) in [5, 5.41) is 2.97. The van der Waals surface area contributed by atoms with Gasteiger partial charge in [0.2, 0.25) is 15.9 Å². The number of pyridine rings is 1. The molecule has 8 heteroatoms. The molecule has 4 rings (SSSR count). The van der Waals surface area contributed by atoms with Crippen LogP contribution in [0.15, 0.2) is 84.0 Å². The van der Waals surface area contributed by atoms with Gasteiger partial charge in [-0.15, -0.1) is 0 Å². The van der Waals surface area contributed by atoms with E-state index in [-0.39, 0.29) is 16.7 Å². The molecule has 0 aliphatic carbocycles. The van der Waals surface area contributed by atoms with Crippen molar-refractivity contribution < 1.29 is 17.9 Å². The van der Waals surface area contributed by atoms with E-state index in [1.807, 2.05) is 54.6 Å². The third-order valence-electron chi connectivity index (χ3n) is 5.74. The molecule has 0 spiro atoms. The monoisotopic (exact) mass is 465 g/mol. The Balaban J connectivity index is 1.23. The van der Waals surface area contributed by atoms with Crippen molar-refractivity contribution in [2.24, 2.45) is 5.92 Å². The first-order valence-electron chi connectivity index (χ1n) is 11.0. The Morgan fingerprint density at radius 2 is 1.70 bits per heavy atom. The van der Waals surface area contributed by atoms with E-state index in [1.165, 1.54) is 10.5 Å². The Bertz CT molecular complexity index is 1150. The van der Waals surface area contributed by atoms with E-state index >= 15 is 0 Å². The summed E-state index contributed by atoms with van der Waals surface area (Å²) in [6, 6.07) is 20.8. The van der Waals surface area contributed by atoms with Gasteiger partial charge in [-0.25, -0.2) is 8.42 Å². The number of hydrogen-bond acceptors (Lipinski definition) is 5. The Morgan fingerprint density at radius 3 is 2.36 bits per heavy atom. The van der Waals surface area contributed by atoms with Crippen LogP contribution in [0, 0.1) is 5.92 Å². The highest BCUT2D eigenvalue weighted by Crippen LogP contribution is 2.23. The highest BCUT2D eigenvalue weighted by Gasteiger charge is 2.32. The van der Waals surface area contributed by atoms with Crippen LogP contribution in [0.5, 0.6) is 5.75 Å². The maximum Gasteiger partial charge on any atom is 0.244 e. The number of aromatic nitrogens is 1. The molecule has 0 bridgehead atoms. The first-order chi connectivity index (χ1) is 16.0. The fourth-order valence-electron chi connectivity index (χ4n) is 3.79. The standard InChI is InChI=1S/C25H27N3O4S/c29-25(22-12-15-28(16-13-22)33(30,31)24-7-4-14-26-18-24)27-17-20-8-10-23(11-9-20)32-19-21-5-2-1-3-6-21/h1-11,14,18,22H,12-13,15-17,19H2,(H,27,29). The van der Waals surface area contributed by atoms with E-state index in [1.54, 1.807) is 18.3 Å². The number of sulfonamides is 1. The van der Waals surface area contributed by atoms with Gasteiger partial charge in [0.15, 0.2) is 0 Å². The topological polar surface area (TPSA) is 88.6 Å². The molecule has 1 fully saturated rings. The predicted octanol–water partition coefficient (Wildman–Crippen LogP) is 3.38. The lowest BCUT2D eigenvalue weighted by molar-refractivity contribution is -0.126. The summed E-state index contributed by atoms with van der Waals surface area (Å²) in [5.74, 6) is 0.535. The average Bonchev–Trinajstić information content (AvgIpc) is 2.88. The van der Waals surface area contributed by atoms with E-state index in [2.05, 4.69) is 10.3 Å². The number of carbonyl (C=O) groups is 1. The van der Waals surface area contributed by atoms with Gasteiger partial charge in [-0.1, -0.05) is 42.5 Å². The highest BCUT2D eigenvalue weighted by molar-refractivity contribution is 7.89. The molecule has 1 N–H and O–H groups in total. The molecule has 1 amide bonds. The summed E-state index contributed by atoms with van der Waals surface area (Å²) in [7, 11) is -3.57. The molecule has 33 heavy (non-hydrogen) atoms. The van der Waals surface area contributed by atoms with Gasteiger partial charge in [0.05, 0.1) is 0 Å². The second kappa shape index (κ2) is 10.6. The van der Waals surface area contributed by atoms with Crippen molar-refractivity contribution in [2.75, 3.05) is 13.1 Å². The van der Waals surface area contributed by atoms with Crippen LogP contribution in [0.1, 0.15) is 24.0 Å². The molecule has 0 unspecified atom stereocenters. The molecular weight excluding hydrogens is 438 g/mol. The van der Waals surface area contributed by atoms with Crippen molar-refractivity contribution in [1.29, 1.82) is 0 Å². The van der Waals surface area contributed by atoms with E-state index in [0.29, 0.717) is 39.1 Å². The second-order valence-electron chi connectivity index (χ2n) is 8.00. The van der Waals surface area contributed by atoms with Gasteiger partial charge in [-0.05, 0) is 48.2 Å². The fourth-order valence-corrected chi connectivity index (χ4v) is 5.22. The lowest BCUT2D eigenvalue weighted by atomic mass is 9.97. The van der Waals surface area contributed by atoms with Crippen LogP contribution in [0.3, 0.4) is 0 Å². The van der Waals surface area contributed by atoms with Gasteiger partial charge in [0, 0.05) is 37.9 Å². The van der Waals surface area contributed by atoms with Crippen molar-refractivity contribution in [2.45, 2.75) is 30.9 Å². The lowest BCUT2D eigenvalue weighted by Crippen LogP contribution is -2.42. The molecule has 2 heterocycles. The van der Waals surface area contributed by atoms with Crippen LogP contribution >= 0.6 is 0 Å². The Morgan fingerprint density at radius 1 is 0.970 bits per heavy atom. The molecule has 2 aromatic carbocycles. The average molecular weight is 466 g/mol. The number of carbonyl (C=O) groups excluding carboxylic acids is 1. The van der Waals surface area contributed by atoms with Crippen molar-refractivity contribution in [3.63, 3.8) is 0 Å². The molecule has 0 atom stereocenters. The first-order valence-corrected chi connectivity index (χ1v) is 12.4. The zero-order chi connectivity index (χ0) is 23.1. The van der Waals surface area contributed by atoms with Gasteiger partial charge in [0.1, 0.15) is 17.3 Å². The quantitative estimate of drug-likeness (QED) is 0.551. The maximum atomic E-state index is 12.7. The minimum absolute atomic E-state index is 0.0437. The number of amides is 1. The Hall–Kier alpha value is -3.23. The molecule has 3 aromatic rings. The molecular formula is C25H27N3O4S. The van der Waals surface area contributed by atoms with Crippen LogP contribution in [-0.2, 0) is 28.0 Å².